The molecule has 0 saturated carbocycles. The minimum Gasteiger partial charge on any atom is -0.508 e. The van der Waals surface area contributed by atoms with Crippen LogP contribution >= 0.6 is 0 Å². The molecule has 0 aliphatic rings. The number of phenolic OH excluding ortho intramolecular Hbond substituents is 1. The number of carbonyl (C=O) groups is 2. The molecule has 4 heteroatoms. The van der Waals surface area contributed by atoms with Crippen molar-refractivity contribution in [2.24, 2.45) is 0 Å². The number of ketones is 1. The number of hydrogen-bond acceptors (Lipinski definition) is 4. The molecular formula is C11H12O4. The number of aromatic hydroxyl groups is 1. The normalized spacial score (nSPS) is 9.67. The highest BCUT2D eigenvalue weighted by atomic mass is 16.5. The minimum atomic E-state index is -0.413. The van der Waals surface area contributed by atoms with Crippen LogP contribution < -0.4 is 0 Å². The summed E-state index contributed by atoms with van der Waals surface area (Å²) >= 11 is 0. The molecule has 0 amide bonds. The number of carbonyl (C=O) groups excluding carboxylic acids is 2. The van der Waals surface area contributed by atoms with Gasteiger partial charge in [-0.05, 0) is 12.1 Å². The van der Waals surface area contributed by atoms with Crippen LogP contribution in [0.2, 0.25) is 0 Å². The lowest BCUT2D eigenvalue weighted by Crippen LogP contribution is -2.05. The Kier molecular flexibility index (Phi) is 3.85. The number of rotatable bonds is 4. The van der Waals surface area contributed by atoms with Crippen LogP contribution in [-0.4, -0.2) is 24.0 Å². The van der Waals surface area contributed by atoms with E-state index in [1.165, 1.54) is 19.2 Å². The fourth-order valence-electron chi connectivity index (χ4n) is 1.14. The lowest BCUT2D eigenvalue weighted by molar-refractivity contribution is -0.140. The molecule has 0 bridgehead atoms. The van der Waals surface area contributed by atoms with Crippen molar-refractivity contribution in [3.8, 4) is 5.75 Å². The van der Waals surface area contributed by atoms with E-state index in [-0.39, 0.29) is 24.4 Å². The van der Waals surface area contributed by atoms with E-state index < -0.39 is 5.97 Å². The molecule has 0 spiro atoms. The van der Waals surface area contributed by atoms with Gasteiger partial charge in [0, 0.05) is 12.0 Å². The molecule has 0 aliphatic heterocycles. The molecule has 15 heavy (non-hydrogen) atoms. The predicted octanol–water partition coefficient (Wildman–Crippen LogP) is 1.53. The van der Waals surface area contributed by atoms with Crippen molar-refractivity contribution in [3.05, 3.63) is 29.8 Å². The van der Waals surface area contributed by atoms with Crippen molar-refractivity contribution in [2.75, 3.05) is 7.11 Å². The smallest absolute Gasteiger partial charge is 0.305 e. The van der Waals surface area contributed by atoms with Gasteiger partial charge in [0.2, 0.25) is 0 Å². The van der Waals surface area contributed by atoms with Crippen LogP contribution in [0.3, 0.4) is 0 Å². The van der Waals surface area contributed by atoms with Crippen LogP contribution in [0.4, 0.5) is 0 Å². The van der Waals surface area contributed by atoms with Gasteiger partial charge < -0.3 is 9.84 Å². The Hall–Kier alpha value is -1.84. The van der Waals surface area contributed by atoms with Gasteiger partial charge in [-0.15, -0.1) is 0 Å². The minimum absolute atomic E-state index is 0.0407. The molecular weight excluding hydrogens is 196 g/mol. The first-order valence-corrected chi connectivity index (χ1v) is 4.52. The second-order valence-corrected chi connectivity index (χ2v) is 3.05. The van der Waals surface area contributed by atoms with Crippen molar-refractivity contribution < 1.29 is 19.4 Å². The SMILES string of the molecule is COC(=O)CCC(=O)c1cccc(O)c1. The average Bonchev–Trinajstić information content (AvgIpc) is 2.25. The largest absolute Gasteiger partial charge is 0.508 e. The molecule has 0 aliphatic carbocycles. The van der Waals surface area contributed by atoms with Crippen LogP contribution in [0.15, 0.2) is 24.3 Å². The molecule has 0 atom stereocenters. The Balaban J connectivity index is 2.58. The van der Waals surface area contributed by atoms with Crippen molar-refractivity contribution in [1.82, 2.24) is 0 Å². The summed E-state index contributed by atoms with van der Waals surface area (Å²) in [5.74, 6) is -0.557. The van der Waals surface area contributed by atoms with Gasteiger partial charge >= 0.3 is 5.97 Å². The number of phenols is 1. The Morgan fingerprint density at radius 3 is 2.67 bits per heavy atom. The van der Waals surface area contributed by atoms with E-state index in [2.05, 4.69) is 4.74 Å². The summed E-state index contributed by atoms with van der Waals surface area (Å²) in [7, 11) is 1.28. The number of methoxy groups -OCH3 is 1. The molecule has 1 rings (SSSR count). The van der Waals surface area contributed by atoms with Gasteiger partial charge in [0.05, 0.1) is 13.5 Å². The topological polar surface area (TPSA) is 63.6 Å². The van der Waals surface area contributed by atoms with E-state index in [0.717, 1.165) is 0 Å². The number of hydrogen-bond donors (Lipinski definition) is 1. The van der Waals surface area contributed by atoms with E-state index in [4.69, 9.17) is 5.11 Å². The van der Waals surface area contributed by atoms with Gasteiger partial charge in [-0.3, -0.25) is 9.59 Å². The highest BCUT2D eigenvalue weighted by Crippen LogP contribution is 2.13. The third kappa shape index (κ3) is 3.42. The summed E-state index contributed by atoms with van der Waals surface area (Å²) in [6.45, 7) is 0. The first-order valence-electron chi connectivity index (χ1n) is 4.52. The average molecular weight is 208 g/mol. The Morgan fingerprint density at radius 1 is 1.33 bits per heavy atom. The molecule has 0 heterocycles. The monoisotopic (exact) mass is 208 g/mol. The van der Waals surface area contributed by atoms with Crippen LogP contribution in [0.1, 0.15) is 23.2 Å². The van der Waals surface area contributed by atoms with Crippen molar-refractivity contribution in [3.63, 3.8) is 0 Å². The fourth-order valence-corrected chi connectivity index (χ4v) is 1.14. The van der Waals surface area contributed by atoms with Gasteiger partial charge in [-0.25, -0.2) is 0 Å². The number of esters is 1. The third-order valence-electron chi connectivity index (χ3n) is 1.95. The highest BCUT2D eigenvalue weighted by molar-refractivity contribution is 5.97. The summed E-state index contributed by atoms with van der Waals surface area (Å²) in [6, 6.07) is 6.04. The first kappa shape index (κ1) is 11.2. The zero-order chi connectivity index (χ0) is 11.3. The number of ether oxygens (including phenoxy) is 1. The summed E-state index contributed by atoms with van der Waals surface area (Å²) < 4.78 is 4.42. The van der Waals surface area contributed by atoms with Gasteiger partial charge in [0.25, 0.3) is 0 Å². The second kappa shape index (κ2) is 5.14. The molecule has 0 unspecified atom stereocenters. The predicted molar refractivity (Wildman–Crippen MR) is 53.7 cm³/mol. The highest BCUT2D eigenvalue weighted by Gasteiger charge is 2.09. The molecule has 1 aromatic rings. The third-order valence-corrected chi connectivity index (χ3v) is 1.95. The van der Waals surface area contributed by atoms with Crippen molar-refractivity contribution >= 4 is 11.8 Å². The van der Waals surface area contributed by atoms with Crippen LogP contribution in [-0.2, 0) is 9.53 Å². The van der Waals surface area contributed by atoms with Crippen LogP contribution in [0.5, 0.6) is 5.75 Å². The molecule has 4 nitrogen and oxygen atoms in total. The van der Waals surface area contributed by atoms with Gasteiger partial charge in [0.1, 0.15) is 5.75 Å². The lowest BCUT2D eigenvalue weighted by Gasteiger charge is -2.00. The quantitative estimate of drug-likeness (QED) is 0.602. The second-order valence-electron chi connectivity index (χ2n) is 3.05. The molecule has 1 aromatic carbocycles. The Labute approximate surface area is 87.5 Å². The molecule has 80 valence electrons. The Morgan fingerprint density at radius 2 is 2.07 bits per heavy atom. The maximum Gasteiger partial charge on any atom is 0.305 e. The molecule has 1 N–H and O–H groups in total. The van der Waals surface area contributed by atoms with Crippen molar-refractivity contribution in [1.29, 1.82) is 0 Å². The standard InChI is InChI=1S/C11H12O4/c1-15-11(14)6-5-10(13)8-3-2-4-9(12)7-8/h2-4,7,12H,5-6H2,1H3. The van der Waals surface area contributed by atoms with E-state index in [1.807, 2.05) is 0 Å². The van der Waals surface area contributed by atoms with Gasteiger partial charge in [-0.1, -0.05) is 12.1 Å². The van der Waals surface area contributed by atoms with E-state index in [9.17, 15) is 9.59 Å². The lowest BCUT2D eigenvalue weighted by atomic mass is 10.1. The fraction of sp³-hybridized carbons (Fsp3) is 0.273. The van der Waals surface area contributed by atoms with Gasteiger partial charge in [-0.2, -0.15) is 0 Å². The number of benzene rings is 1. The molecule has 0 aromatic heterocycles. The zero-order valence-electron chi connectivity index (χ0n) is 8.40. The van der Waals surface area contributed by atoms with Crippen LogP contribution in [0.25, 0.3) is 0 Å². The first-order chi connectivity index (χ1) is 7.13. The van der Waals surface area contributed by atoms with Crippen LogP contribution in [0, 0.1) is 0 Å². The maximum absolute atomic E-state index is 11.5. The van der Waals surface area contributed by atoms with E-state index in [1.54, 1.807) is 12.1 Å². The summed E-state index contributed by atoms with van der Waals surface area (Å²) in [4.78, 5) is 22.3. The summed E-state index contributed by atoms with van der Waals surface area (Å²) in [5.41, 5.74) is 0.402. The molecule has 0 saturated heterocycles. The van der Waals surface area contributed by atoms with E-state index in [0.29, 0.717) is 5.56 Å². The zero-order valence-corrected chi connectivity index (χ0v) is 8.40. The van der Waals surface area contributed by atoms with Gasteiger partial charge in [0.15, 0.2) is 5.78 Å². The summed E-state index contributed by atoms with van der Waals surface area (Å²) in [6.07, 6.45) is 0.154. The molecule has 0 radical (unpaired) electrons. The molecule has 0 fully saturated rings. The Bertz CT molecular complexity index is 371. The number of Topliss-reactive ketones (excluding diaryl/α,β-unsaturated/α-hetero) is 1. The van der Waals surface area contributed by atoms with Crippen molar-refractivity contribution in [2.45, 2.75) is 12.8 Å². The summed E-state index contributed by atoms with van der Waals surface area (Å²) in [5, 5.41) is 9.14. The van der Waals surface area contributed by atoms with E-state index >= 15 is 0 Å². The maximum atomic E-state index is 11.5.